The molecule has 6 heteroatoms. The summed E-state index contributed by atoms with van der Waals surface area (Å²) in [5.74, 6) is -1.02. The highest BCUT2D eigenvalue weighted by atomic mass is 16.5. The molecule has 1 aromatic rings. The van der Waals surface area contributed by atoms with Gasteiger partial charge in [0.2, 0.25) is 5.91 Å². The average molecular weight is 330 g/mol. The Labute approximate surface area is 141 Å². The van der Waals surface area contributed by atoms with Crippen molar-refractivity contribution >= 4 is 17.9 Å². The van der Waals surface area contributed by atoms with Gasteiger partial charge in [0.15, 0.2) is 6.04 Å². The molecule has 0 aromatic heterocycles. The Bertz CT molecular complexity index is 658. The topological polar surface area (TPSA) is 75.7 Å². The van der Waals surface area contributed by atoms with E-state index in [0.717, 1.165) is 10.5 Å². The third-order valence-electron chi connectivity index (χ3n) is 4.42. The summed E-state index contributed by atoms with van der Waals surface area (Å²) in [6.45, 7) is 7.07. The first kappa shape index (κ1) is 17.7. The lowest BCUT2D eigenvalue weighted by Crippen LogP contribution is -2.73. The number of urea groups is 1. The number of methoxy groups -OCH3 is 1. The van der Waals surface area contributed by atoms with Gasteiger partial charge in [0.1, 0.15) is 0 Å². The predicted molar refractivity (Wildman–Crippen MR) is 89.0 cm³/mol. The number of nitrogens with zero attached hydrogens (tertiary/aromatic N) is 1. The van der Waals surface area contributed by atoms with Crippen molar-refractivity contribution < 1.29 is 19.1 Å². The molecule has 2 rings (SSSR count). The Morgan fingerprint density at radius 3 is 2.58 bits per heavy atom. The number of rotatable bonds is 5. The van der Waals surface area contributed by atoms with Gasteiger partial charge in [-0.25, -0.2) is 14.5 Å². The summed E-state index contributed by atoms with van der Waals surface area (Å²) in [7, 11) is 1.24. The van der Waals surface area contributed by atoms with E-state index in [1.165, 1.54) is 7.11 Å². The van der Waals surface area contributed by atoms with Crippen molar-refractivity contribution in [2.45, 2.75) is 32.4 Å². The van der Waals surface area contributed by atoms with Crippen LogP contribution in [0.4, 0.5) is 4.79 Å². The molecule has 1 aromatic carbocycles. The van der Waals surface area contributed by atoms with Crippen LogP contribution in [-0.4, -0.2) is 36.0 Å². The molecule has 2 unspecified atom stereocenters. The summed E-state index contributed by atoms with van der Waals surface area (Å²) >= 11 is 0. The molecule has 24 heavy (non-hydrogen) atoms. The Kier molecular flexibility index (Phi) is 5.07. The molecule has 0 radical (unpaired) electrons. The van der Waals surface area contributed by atoms with Gasteiger partial charge in [-0.15, -0.1) is 6.58 Å². The molecule has 1 N–H and O–H groups in total. The van der Waals surface area contributed by atoms with Gasteiger partial charge < -0.3 is 10.1 Å². The summed E-state index contributed by atoms with van der Waals surface area (Å²) in [6.07, 6.45) is 1.86. The Balaban J connectivity index is 2.17. The normalized spacial score (nSPS) is 23.9. The van der Waals surface area contributed by atoms with E-state index in [1.807, 2.05) is 37.3 Å². The van der Waals surface area contributed by atoms with Crippen molar-refractivity contribution in [1.29, 1.82) is 0 Å². The molecular formula is C18H22N2O4. The number of β-lactam (4-membered cyclic amide) rings is 1. The number of imide groups is 1. The highest BCUT2D eigenvalue weighted by Crippen LogP contribution is 2.43. The van der Waals surface area contributed by atoms with E-state index in [1.54, 1.807) is 13.0 Å². The monoisotopic (exact) mass is 330 g/mol. The van der Waals surface area contributed by atoms with E-state index in [2.05, 4.69) is 11.9 Å². The zero-order valence-electron chi connectivity index (χ0n) is 14.1. The lowest BCUT2D eigenvalue weighted by Gasteiger charge is -2.50. The minimum Gasteiger partial charge on any atom is -0.467 e. The first-order valence-electron chi connectivity index (χ1n) is 7.74. The van der Waals surface area contributed by atoms with Gasteiger partial charge in [0.05, 0.1) is 18.6 Å². The highest BCUT2D eigenvalue weighted by molar-refractivity contribution is 6.10. The average Bonchev–Trinajstić information content (AvgIpc) is 2.59. The predicted octanol–water partition coefficient (Wildman–Crippen LogP) is 2.42. The minimum atomic E-state index is -0.998. The van der Waals surface area contributed by atoms with E-state index < -0.39 is 29.4 Å². The maximum atomic E-state index is 12.5. The van der Waals surface area contributed by atoms with Gasteiger partial charge in [0.25, 0.3) is 0 Å². The molecule has 0 bridgehead atoms. The van der Waals surface area contributed by atoms with Gasteiger partial charge >= 0.3 is 12.0 Å². The standard InChI is InChI=1S/C18H22N2O4/c1-5-11-18(3)14(15(21)24-4)20(16(18)22)17(23)19-12(2)13-9-7-6-8-10-13/h5-10,12,14H,1,11H2,2-4H3,(H,19,23)/t12-,14?,18?/m1/s1. The molecule has 6 nitrogen and oxygen atoms in total. The molecule has 1 aliphatic heterocycles. The quantitative estimate of drug-likeness (QED) is 0.511. The summed E-state index contributed by atoms with van der Waals surface area (Å²) < 4.78 is 4.77. The van der Waals surface area contributed by atoms with Crippen LogP contribution in [0.5, 0.6) is 0 Å². The van der Waals surface area contributed by atoms with Gasteiger partial charge in [0, 0.05) is 0 Å². The van der Waals surface area contributed by atoms with Gasteiger partial charge in [-0.1, -0.05) is 36.4 Å². The number of hydrogen-bond acceptors (Lipinski definition) is 4. The largest absolute Gasteiger partial charge is 0.467 e. The molecule has 1 heterocycles. The molecule has 0 saturated carbocycles. The molecule has 1 saturated heterocycles. The number of hydrogen-bond donors (Lipinski definition) is 1. The lowest BCUT2D eigenvalue weighted by atomic mass is 9.70. The van der Waals surface area contributed by atoms with Gasteiger partial charge in [-0.3, -0.25) is 4.79 Å². The lowest BCUT2D eigenvalue weighted by molar-refractivity contribution is -0.178. The van der Waals surface area contributed by atoms with Gasteiger partial charge in [-0.2, -0.15) is 0 Å². The molecular weight excluding hydrogens is 308 g/mol. The SMILES string of the molecule is C=CCC1(C)C(=O)N(C(=O)N[C@H](C)c2ccccc2)C1C(=O)OC. The molecule has 128 valence electrons. The van der Waals surface area contributed by atoms with Crippen molar-refractivity contribution in [2.24, 2.45) is 5.41 Å². The zero-order chi connectivity index (χ0) is 17.9. The number of amides is 3. The fourth-order valence-corrected chi connectivity index (χ4v) is 2.99. The fourth-order valence-electron chi connectivity index (χ4n) is 2.99. The van der Waals surface area contributed by atoms with Crippen molar-refractivity contribution in [1.82, 2.24) is 10.2 Å². The number of likely N-dealkylation sites (tertiary alicyclic amines) is 1. The van der Waals surface area contributed by atoms with Crippen LogP contribution in [0.1, 0.15) is 31.9 Å². The van der Waals surface area contributed by atoms with E-state index in [9.17, 15) is 14.4 Å². The summed E-state index contributed by atoms with van der Waals surface area (Å²) in [5, 5.41) is 2.75. The molecule has 0 spiro atoms. The first-order chi connectivity index (χ1) is 11.4. The third kappa shape index (κ3) is 2.91. The second-order valence-electron chi connectivity index (χ2n) is 6.09. The molecule has 1 aliphatic rings. The van der Waals surface area contributed by atoms with Crippen LogP contribution in [-0.2, 0) is 14.3 Å². The van der Waals surface area contributed by atoms with E-state index >= 15 is 0 Å². The maximum absolute atomic E-state index is 12.5. The van der Waals surface area contributed by atoms with Crippen LogP contribution < -0.4 is 5.32 Å². The van der Waals surface area contributed by atoms with Crippen molar-refractivity contribution in [3.63, 3.8) is 0 Å². The fraction of sp³-hybridized carbons (Fsp3) is 0.389. The number of nitrogens with one attached hydrogen (secondary N) is 1. The van der Waals surface area contributed by atoms with Gasteiger partial charge in [-0.05, 0) is 25.8 Å². The Morgan fingerprint density at radius 1 is 1.42 bits per heavy atom. The molecule has 0 aliphatic carbocycles. The van der Waals surface area contributed by atoms with Crippen LogP contribution in [0.2, 0.25) is 0 Å². The zero-order valence-corrected chi connectivity index (χ0v) is 14.1. The second kappa shape index (κ2) is 6.86. The number of esters is 1. The summed E-state index contributed by atoms with van der Waals surface area (Å²) in [5.41, 5.74) is -0.0929. The Morgan fingerprint density at radius 2 is 2.04 bits per heavy atom. The number of carbonyl (C=O) groups is 3. The number of allylic oxidation sites excluding steroid dienone is 1. The molecule has 3 amide bonds. The maximum Gasteiger partial charge on any atom is 0.330 e. The minimum absolute atomic E-state index is 0.295. The third-order valence-corrected chi connectivity index (χ3v) is 4.42. The van der Waals surface area contributed by atoms with Crippen LogP contribution in [0, 0.1) is 5.41 Å². The van der Waals surface area contributed by atoms with Crippen molar-refractivity contribution in [3.05, 3.63) is 48.6 Å². The summed E-state index contributed by atoms with van der Waals surface area (Å²) in [6, 6.07) is 7.52. The first-order valence-corrected chi connectivity index (χ1v) is 7.74. The number of benzene rings is 1. The smallest absolute Gasteiger partial charge is 0.330 e. The highest BCUT2D eigenvalue weighted by Gasteiger charge is 2.63. The second-order valence-corrected chi connectivity index (χ2v) is 6.09. The van der Waals surface area contributed by atoms with Crippen LogP contribution >= 0.6 is 0 Å². The Hall–Kier alpha value is -2.63. The van der Waals surface area contributed by atoms with Crippen LogP contribution in [0.3, 0.4) is 0 Å². The van der Waals surface area contributed by atoms with Crippen LogP contribution in [0.15, 0.2) is 43.0 Å². The van der Waals surface area contributed by atoms with E-state index in [-0.39, 0.29) is 6.04 Å². The number of ether oxygens (including phenoxy) is 1. The molecule has 3 atom stereocenters. The summed E-state index contributed by atoms with van der Waals surface area (Å²) in [4.78, 5) is 38.0. The molecule has 1 fully saturated rings. The number of carbonyl (C=O) groups excluding carboxylic acids is 3. The van der Waals surface area contributed by atoms with E-state index in [0.29, 0.717) is 6.42 Å². The van der Waals surface area contributed by atoms with Crippen LogP contribution in [0.25, 0.3) is 0 Å². The van der Waals surface area contributed by atoms with Crippen molar-refractivity contribution in [3.8, 4) is 0 Å². The van der Waals surface area contributed by atoms with E-state index in [4.69, 9.17) is 4.74 Å². The van der Waals surface area contributed by atoms with Crippen molar-refractivity contribution in [2.75, 3.05) is 7.11 Å².